The van der Waals surface area contributed by atoms with Crippen molar-refractivity contribution in [3.63, 3.8) is 0 Å². The molecule has 0 atom stereocenters. The van der Waals surface area contributed by atoms with Gasteiger partial charge in [-0.3, -0.25) is 5.32 Å². The first kappa shape index (κ1) is 14.8. The molecule has 0 saturated heterocycles. The van der Waals surface area contributed by atoms with Gasteiger partial charge in [0.05, 0.1) is 17.9 Å². The van der Waals surface area contributed by atoms with Crippen molar-refractivity contribution in [2.24, 2.45) is 0 Å². The molecule has 0 aliphatic carbocycles. The Kier molecular flexibility index (Phi) is 4.76. The zero-order valence-corrected chi connectivity index (χ0v) is 11.2. The summed E-state index contributed by atoms with van der Waals surface area (Å²) >= 11 is 0. The number of halogens is 1. The standard InChI is InChI=1S/C14H17FN2O2/c1-5-8-16-12-9-10(15)6-7-11(12)17-13(18)19-14(2,3)4/h1,6-7,9,16H,8H2,2-4H3,(H,17,18). The van der Waals surface area contributed by atoms with E-state index in [1.54, 1.807) is 20.8 Å². The number of nitrogens with one attached hydrogen (secondary N) is 2. The van der Waals surface area contributed by atoms with Crippen molar-refractivity contribution >= 4 is 17.5 Å². The van der Waals surface area contributed by atoms with E-state index in [1.807, 2.05) is 0 Å². The molecular formula is C14H17FN2O2. The maximum Gasteiger partial charge on any atom is 0.412 e. The Hall–Kier alpha value is -2.22. The first-order valence-electron chi connectivity index (χ1n) is 5.79. The van der Waals surface area contributed by atoms with E-state index in [2.05, 4.69) is 16.6 Å². The summed E-state index contributed by atoms with van der Waals surface area (Å²) in [6.07, 6.45) is 4.52. The van der Waals surface area contributed by atoms with Crippen LogP contribution in [0.5, 0.6) is 0 Å². The quantitative estimate of drug-likeness (QED) is 0.824. The molecule has 0 aromatic heterocycles. The number of ether oxygens (including phenoxy) is 1. The predicted molar refractivity (Wildman–Crippen MR) is 73.6 cm³/mol. The number of hydrogen-bond donors (Lipinski definition) is 2. The third-order valence-electron chi connectivity index (χ3n) is 2.00. The number of anilines is 2. The monoisotopic (exact) mass is 264 g/mol. The molecule has 0 saturated carbocycles. The molecule has 0 radical (unpaired) electrons. The highest BCUT2D eigenvalue weighted by Gasteiger charge is 2.17. The normalized spacial score (nSPS) is 10.5. The van der Waals surface area contributed by atoms with Crippen LogP contribution in [0, 0.1) is 18.2 Å². The highest BCUT2D eigenvalue weighted by molar-refractivity contribution is 5.89. The Morgan fingerprint density at radius 2 is 2.11 bits per heavy atom. The van der Waals surface area contributed by atoms with E-state index in [4.69, 9.17) is 11.2 Å². The molecular weight excluding hydrogens is 247 g/mol. The molecule has 1 aromatic carbocycles. The summed E-state index contributed by atoms with van der Waals surface area (Å²) < 4.78 is 18.3. The van der Waals surface area contributed by atoms with Gasteiger partial charge in [-0.2, -0.15) is 0 Å². The van der Waals surface area contributed by atoms with Gasteiger partial charge in [0.1, 0.15) is 11.4 Å². The van der Waals surface area contributed by atoms with Crippen LogP contribution in [0.1, 0.15) is 20.8 Å². The molecule has 102 valence electrons. The molecule has 0 fully saturated rings. The van der Waals surface area contributed by atoms with Gasteiger partial charge in [0.2, 0.25) is 0 Å². The first-order chi connectivity index (χ1) is 8.81. The highest BCUT2D eigenvalue weighted by Crippen LogP contribution is 2.23. The van der Waals surface area contributed by atoms with Crippen molar-refractivity contribution in [1.29, 1.82) is 0 Å². The number of carbonyl (C=O) groups is 1. The summed E-state index contributed by atoms with van der Waals surface area (Å²) in [5.41, 5.74) is 0.214. The molecule has 0 aliphatic rings. The number of rotatable bonds is 3. The molecule has 0 heterocycles. The Morgan fingerprint density at radius 3 is 2.68 bits per heavy atom. The molecule has 2 N–H and O–H groups in total. The lowest BCUT2D eigenvalue weighted by molar-refractivity contribution is 0.0636. The van der Waals surface area contributed by atoms with Gasteiger partial charge < -0.3 is 10.1 Å². The van der Waals surface area contributed by atoms with E-state index in [0.717, 1.165) is 0 Å². The summed E-state index contributed by atoms with van der Waals surface area (Å²) in [5.74, 6) is 1.95. The summed E-state index contributed by atoms with van der Waals surface area (Å²) in [4.78, 5) is 11.6. The fourth-order valence-electron chi connectivity index (χ4n) is 1.33. The van der Waals surface area contributed by atoms with Crippen LogP contribution in [-0.2, 0) is 4.74 Å². The van der Waals surface area contributed by atoms with E-state index in [-0.39, 0.29) is 6.54 Å². The van der Waals surface area contributed by atoms with Gasteiger partial charge in [-0.05, 0) is 39.0 Å². The minimum atomic E-state index is -0.608. The molecule has 0 unspecified atom stereocenters. The fraction of sp³-hybridized carbons (Fsp3) is 0.357. The van der Waals surface area contributed by atoms with Gasteiger partial charge >= 0.3 is 6.09 Å². The average molecular weight is 264 g/mol. The van der Waals surface area contributed by atoms with E-state index in [0.29, 0.717) is 11.4 Å². The Labute approximate surface area is 112 Å². The van der Waals surface area contributed by atoms with Gasteiger partial charge in [0, 0.05) is 0 Å². The van der Waals surface area contributed by atoms with E-state index in [9.17, 15) is 9.18 Å². The molecule has 4 nitrogen and oxygen atoms in total. The fourth-order valence-corrected chi connectivity index (χ4v) is 1.33. The largest absolute Gasteiger partial charge is 0.444 e. The van der Waals surface area contributed by atoms with Gasteiger partial charge in [-0.25, -0.2) is 9.18 Å². The smallest absolute Gasteiger partial charge is 0.412 e. The van der Waals surface area contributed by atoms with Crippen molar-refractivity contribution < 1.29 is 13.9 Å². The highest BCUT2D eigenvalue weighted by atomic mass is 19.1. The van der Waals surface area contributed by atoms with Crippen LogP contribution in [0.25, 0.3) is 0 Å². The van der Waals surface area contributed by atoms with Gasteiger partial charge in [0.25, 0.3) is 0 Å². The van der Waals surface area contributed by atoms with Crippen molar-refractivity contribution in [3.05, 3.63) is 24.0 Å². The van der Waals surface area contributed by atoms with E-state index >= 15 is 0 Å². The minimum Gasteiger partial charge on any atom is -0.444 e. The van der Waals surface area contributed by atoms with Crippen LogP contribution in [-0.4, -0.2) is 18.2 Å². The third kappa shape index (κ3) is 5.30. The maximum absolute atomic E-state index is 13.1. The molecule has 0 aliphatic heterocycles. The van der Waals surface area contributed by atoms with E-state index < -0.39 is 17.5 Å². The lowest BCUT2D eigenvalue weighted by atomic mass is 10.2. The van der Waals surface area contributed by atoms with Crippen LogP contribution in [0.15, 0.2) is 18.2 Å². The van der Waals surface area contributed by atoms with Crippen LogP contribution in [0.4, 0.5) is 20.6 Å². The van der Waals surface area contributed by atoms with Gasteiger partial charge in [-0.1, -0.05) is 5.92 Å². The number of benzene rings is 1. The van der Waals surface area contributed by atoms with Crippen LogP contribution in [0.3, 0.4) is 0 Å². The number of carbonyl (C=O) groups excluding carboxylic acids is 1. The summed E-state index contributed by atoms with van der Waals surface area (Å²) in [6, 6.07) is 3.94. The topological polar surface area (TPSA) is 50.4 Å². The zero-order valence-electron chi connectivity index (χ0n) is 11.2. The molecule has 1 rings (SSSR count). The summed E-state index contributed by atoms with van der Waals surface area (Å²) in [7, 11) is 0. The van der Waals surface area contributed by atoms with Crippen molar-refractivity contribution in [1.82, 2.24) is 0 Å². The second-order valence-corrected chi connectivity index (χ2v) is 4.87. The maximum atomic E-state index is 13.1. The minimum absolute atomic E-state index is 0.229. The Morgan fingerprint density at radius 1 is 1.42 bits per heavy atom. The average Bonchev–Trinajstić information content (AvgIpc) is 2.27. The van der Waals surface area contributed by atoms with Crippen LogP contribution in [0.2, 0.25) is 0 Å². The number of terminal acetylenes is 1. The molecule has 19 heavy (non-hydrogen) atoms. The summed E-state index contributed by atoms with van der Waals surface area (Å²) in [5, 5.41) is 5.37. The molecule has 5 heteroatoms. The molecule has 1 aromatic rings. The predicted octanol–water partition coefficient (Wildman–Crippen LogP) is 3.22. The van der Waals surface area contributed by atoms with E-state index in [1.165, 1.54) is 18.2 Å². The Balaban J connectivity index is 2.82. The lowest BCUT2D eigenvalue weighted by Crippen LogP contribution is -2.27. The molecule has 1 amide bonds. The molecule has 0 spiro atoms. The second-order valence-electron chi connectivity index (χ2n) is 4.87. The SMILES string of the molecule is C#CCNc1cc(F)ccc1NC(=O)OC(C)(C)C. The zero-order chi connectivity index (χ0) is 14.5. The lowest BCUT2D eigenvalue weighted by Gasteiger charge is -2.20. The van der Waals surface area contributed by atoms with Gasteiger partial charge in [-0.15, -0.1) is 6.42 Å². The first-order valence-corrected chi connectivity index (χ1v) is 5.79. The van der Waals surface area contributed by atoms with Crippen molar-refractivity contribution in [2.75, 3.05) is 17.2 Å². The number of amides is 1. The Bertz CT molecular complexity index is 501. The number of hydrogen-bond acceptors (Lipinski definition) is 3. The van der Waals surface area contributed by atoms with Crippen molar-refractivity contribution in [3.8, 4) is 12.3 Å². The second kappa shape index (κ2) is 6.10. The van der Waals surface area contributed by atoms with Crippen LogP contribution >= 0.6 is 0 Å². The van der Waals surface area contributed by atoms with Crippen LogP contribution < -0.4 is 10.6 Å². The van der Waals surface area contributed by atoms with Crippen molar-refractivity contribution in [2.45, 2.75) is 26.4 Å². The molecule has 0 bridgehead atoms. The summed E-state index contributed by atoms with van der Waals surface area (Å²) in [6.45, 7) is 5.50. The van der Waals surface area contributed by atoms with Gasteiger partial charge in [0.15, 0.2) is 0 Å². The third-order valence-corrected chi connectivity index (χ3v) is 2.00.